The molecule has 0 fully saturated rings. The summed E-state index contributed by atoms with van der Waals surface area (Å²) in [4.78, 5) is 25.1. The number of carboxylic acids is 1. The van der Waals surface area contributed by atoms with Gasteiger partial charge in [-0.1, -0.05) is 97.1 Å². The van der Waals surface area contributed by atoms with E-state index in [9.17, 15) is 14.7 Å². The van der Waals surface area contributed by atoms with Crippen molar-refractivity contribution in [3.05, 3.63) is 119 Å². The van der Waals surface area contributed by atoms with E-state index in [2.05, 4.69) is 22.8 Å². The summed E-state index contributed by atoms with van der Waals surface area (Å²) in [7, 11) is 0. The third-order valence-corrected chi connectivity index (χ3v) is 7.59. The topological polar surface area (TPSA) is 96.9 Å². The minimum Gasteiger partial charge on any atom is -0.480 e. The van der Waals surface area contributed by atoms with E-state index in [0.717, 1.165) is 33.4 Å². The number of aliphatic carboxylic acids is 1. The number of fused-ring (bicyclic) bond motifs is 5. The number of thiocarbonyl (C=S) groups is 1. The van der Waals surface area contributed by atoms with Crippen LogP contribution in [0.3, 0.4) is 0 Å². The Morgan fingerprint density at radius 3 is 1.85 bits per heavy atom. The first-order valence-corrected chi connectivity index (χ1v) is 13.4. The van der Waals surface area contributed by atoms with Crippen molar-refractivity contribution in [3.8, 4) is 22.6 Å². The third-order valence-electron chi connectivity index (χ3n) is 7.31. The number of para-hydroxylation sites is 2. The molecule has 200 valence electrons. The average molecular weight is 551 g/mol. The van der Waals surface area contributed by atoms with Gasteiger partial charge < -0.3 is 25.2 Å². The molecule has 40 heavy (non-hydrogen) atoms. The summed E-state index contributed by atoms with van der Waals surface area (Å²) in [5.41, 5.74) is 6.16. The zero-order chi connectivity index (χ0) is 27.6. The normalized spacial score (nSPS) is 14.0. The molecular weight excluding hydrogens is 524 g/mol. The van der Waals surface area contributed by atoms with Gasteiger partial charge in [0, 0.05) is 23.5 Å². The minimum absolute atomic E-state index is 0.0878. The van der Waals surface area contributed by atoms with E-state index < -0.39 is 18.1 Å². The van der Waals surface area contributed by atoms with Gasteiger partial charge in [-0.3, -0.25) is 0 Å². The van der Waals surface area contributed by atoms with Crippen LogP contribution < -0.4 is 15.4 Å². The number of ether oxygens (including phenoxy) is 2. The molecule has 0 bridgehead atoms. The average Bonchev–Trinajstić information content (AvgIpc) is 3.29. The van der Waals surface area contributed by atoms with Crippen LogP contribution in [0.4, 0.5) is 4.79 Å². The summed E-state index contributed by atoms with van der Waals surface area (Å²) >= 11 is 5.57. The molecule has 0 saturated heterocycles. The Kier molecular flexibility index (Phi) is 6.92. The lowest BCUT2D eigenvalue weighted by Gasteiger charge is -2.30. The zero-order valence-electron chi connectivity index (χ0n) is 21.4. The molecule has 8 heteroatoms. The maximum Gasteiger partial charge on any atom is 0.407 e. The van der Waals surface area contributed by atoms with Crippen LogP contribution in [0.5, 0.6) is 11.5 Å². The highest BCUT2D eigenvalue weighted by atomic mass is 32.1. The Morgan fingerprint density at radius 1 is 0.800 bits per heavy atom. The SMILES string of the molecule is O=C(N[C@@H](CC(=S)NC1c2ccccc2Oc2ccccc21)C(=O)O)OCC1c2ccccc2-c2ccccc21. The van der Waals surface area contributed by atoms with Crippen molar-refractivity contribution in [3.63, 3.8) is 0 Å². The first-order chi connectivity index (χ1) is 19.5. The molecule has 7 nitrogen and oxygen atoms in total. The fourth-order valence-corrected chi connectivity index (χ4v) is 5.74. The Labute approximate surface area is 236 Å². The molecule has 1 amide bonds. The van der Waals surface area contributed by atoms with Crippen molar-refractivity contribution in [2.45, 2.75) is 24.4 Å². The summed E-state index contributed by atoms with van der Waals surface area (Å²) in [6.45, 7) is 0.0878. The van der Waals surface area contributed by atoms with Crippen molar-refractivity contribution in [1.82, 2.24) is 10.6 Å². The van der Waals surface area contributed by atoms with E-state index in [1.165, 1.54) is 0 Å². The first kappa shape index (κ1) is 25.6. The Bertz CT molecular complexity index is 1530. The van der Waals surface area contributed by atoms with Crippen molar-refractivity contribution < 1.29 is 24.2 Å². The van der Waals surface area contributed by atoms with Gasteiger partial charge in [-0.25, -0.2) is 9.59 Å². The molecule has 2 aliphatic rings. The fourth-order valence-electron chi connectivity index (χ4n) is 5.45. The van der Waals surface area contributed by atoms with Crippen LogP contribution in [0.15, 0.2) is 97.1 Å². The van der Waals surface area contributed by atoms with Crippen LogP contribution in [-0.4, -0.2) is 34.8 Å². The number of carbonyl (C=O) groups excluding carboxylic acids is 1. The number of amides is 1. The number of nitrogens with one attached hydrogen (secondary N) is 2. The molecule has 6 rings (SSSR count). The molecule has 0 unspecified atom stereocenters. The van der Waals surface area contributed by atoms with E-state index in [1.807, 2.05) is 84.9 Å². The second-order valence-corrected chi connectivity index (χ2v) is 10.2. The molecule has 1 atom stereocenters. The van der Waals surface area contributed by atoms with E-state index in [1.54, 1.807) is 0 Å². The van der Waals surface area contributed by atoms with Crippen molar-refractivity contribution in [2.24, 2.45) is 0 Å². The van der Waals surface area contributed by atoms with Crippen LogP contribution in [0.25, 0.3) is 11.1 Å². The van der Waals surface area contributed by atoms with Crippen molar-refractivity contribution in [1.29, 1.82) is 0 Å². The monoisotopic (exact) mass is 550 g/mol. The molecule has 3 N–H and O–H groups in total. The lowest BCUT2D eigenvalue weighted by molar-refractivity contribution is -0.139. The van der Waals surface area contributed by atoms with Crippen LogP contribution in [0, 0.1) is 0 Å². The van der Waals surface area contributed by atoms with Gasteiger partial charge in [-0.2, -0.15) is 0 Å². The van der Waals surface area contributed by atoms with Gasteiger partial charge >= 0.3 is 12.1 Å². The molecule has 1 aliphatic heterocycles. The molecule has 1 heterocycles. The summed E-state index contributed by atoms with van der Waals surface area (Å²) in [5.74, 6) is 0.0735. The smallest absolute Gasteiger partial charge is 0.407 e. The molecule has 0 saturated carbocycles. The predicted molar refractivity (Wildman–Crippen MR) is 155 cm³/mol. The maximum absolute atomic E-state index is 12.8. The number of hydrogen-bond acceptors (Lipinski definition) is 5. The Morgan fingerprint density at radius 2 is 1.30 bits per heavy atom. The highest BCUT2D eigenvalue weighted by Crippen LogP contribution is 2.45. The standard InChI is InChI=1S/C32H26N2O5S/c35-31(36)26(17-29(40)34-30-23-13-5-7-15-27(23)39-28-16-8-6-14-24(28)30)33-32(37)38-18-25-21-11-3-1-9-19(21)20-10-2-4-12-22(20)25/h1-16,25-26,30H,17-18H2,(H,33,37)(H,34,40)(H,35,36)/t26-/m0/s1. The molecule has 0 radical (unpaired) electrons. The van der Waals surface area contributed by atoms with E-state index in [4.69, 9.17) is 21.7 Å². The number of carboxylic acid groups (broad SMARTS) is 1. The molecular formula is C32H26N2O5S. The van der Waals surface area contributed by atoms with Crippen molar-refractivity contribution in [2.75, 3.05) is 6.61 Å². The lowest BCUT2D eigenvalue weighted by atomic mass is 9.94. The van der Waals surface area contributed by atoms with Crippen molar-refractivity contribution >= 4 is 29.3 Å². The van der Waals surface area contributed by atoms with E-state index >= 15 is 0 Å². The molecule has 0 aromatic heterocycles. The first-order valence-electron chi connectivity index (χ1n) is 13.0. The Hall–Kier alpha value is -4.69. The number of alkyl carbamates (subject to hydrolysis) is 1. The summed E-state index contributed by atoms with van der Waals surface area (Å²) in [6.07, 6.45) is -0.907. The van der Waals surface area contributed by atoms with E-state index in [-0.39, 0.29) is 25.0 Å². The molecule has 1 aliphatic carbocycles. The third kappa shape index (κ3) is 4.89. The van der Waals surface area contributed by atoms with Gasteiger partial charge in [0.15, 0.2) is 0 Å². The number of rotatable bonds is 7. The summed E-state index contributed by atoms with van der Waals surface area (Å²) in [6, 6.07) is 29.7. The fraction of sp³-hybridized carbons (Fsp3) is 0.156. The summed E-state index contributed by atoms with van der Waals surface area (Å²) < 4.78 is 11.6. The lowest BCUT2D eigenvalue weighted by Crippen LogP contribution is -2.44. The minimum atomic E-state index is -1.26. The number of carbonyl (C=O) groups is 2. The van der Waals surface area contributed by atoms with Gasteiger partial charge in [0.2, 0.25) is 0 Å². The van der Waals surface area contributed by atoms with Crippen LogP contribution in [0.1, 0.15) is 40.6 Å². The zero-order valence-corrected chi connectivity index (χ0v) is 22.2. The van der Waals surface area contributed by atoms with Gasteiger partial charge in [0.25, 0.3) is 0 Å². The number of benzene rings is 4. The quantitative estimate of drug-likeness (QED) is 0.237. The summed E-state index contributed by atoms with van der Waals surface area (Å²) in [5, 5.41) is 15.6. The van der Waals surface area contributed by atoms with Crippen LogP contribution in [-0.2, 0) is 9.53 Å². The van der Waals surface area contributed by atoms with Gasteiger partial charge in [0.1, 0.15) is 24.1 Å². The highest BCUT2D eigenvalue weighted by Gasteiger charge is 2.31. The largest absolute Gasteiger partial charge is 0.480 e. The van der Waals surface area contributed by atoms with Crippen LogP contribution >= 0.6 is 12.2 Å². The predicted octanol–water partition coefficient (Wildman–Crippen LogP) is 6.18. The second kappa shape index (κ2) is 10.8. The highest BCUT2D eigenvalue weighted by molar-refractivity contribution is 7.80. The van der Waals surface area contributed by atoms with Gasteiger partial charge in [-0.05, 0) is 34.4 Å². The second-order valence-electron chi connectivity index (χ2n) is 9.74. The van der Waals surface area contributed by atoms with Gasteiger partial charge in [0.05, 0.1) is 11.0 Å². The molecule has 4 aromatic carbocycles. The van der Waals surface area contributed by atoms with Crippen LogP contribution in [0.2, 0.25) is 0 Å². The van der Waals surface area contributed by atoms with Gasteiger partial charge in [-0.15, -0.1) is 0 Å². The molecule has 4 aromatic rings. The van der Waals surface area contributed by atoms with E-state index in [0.29, 0.717) is 16.5 Å². The molecule has 0 spiro atoms. The Balaban J connectivity index is 1.12. The number of hydrogen-bond donors (Lipinski definition) is 3. The maximum atomic E-state index is 12.8.